The molecule has 2 saturated heterocycles. The molecule has 0 aromatic rings. The minimum Gasteiger partial charge on any atom is -0.314 e. The van der Waals surface area contributed by atoms with Gasteiger partial charge in [-0.2, -0.15) is 0 Å². The second-order valence-electron chi connectivity index (χ2n) is 5.24. The molecule has 0 amide bonds. The van der Waals surface area contributed by atoms with E-state index in [1.807, 2.05) is 27.7 Å². The molecule has 124 valence electrons. The summed E-state index contributed by atoms with van der Waals surface area (Å²) >= 11 is 0. The Hall–Kier alpha value is -0.120. The van der Waals surface area contributed by atoms with Gasteiger partial charge in [0.25, 0.3) is 0 Å². The molecule has 0 bridgehead atoms. The van der Waals surface area contributed by atoms with Gasteiger partial charge in [-0.25, -0.2) is 0 Å². The highest BCUT2D eigenvalue weighted by Crippen LogP contribution is 2.04. The van der Waals surface area contributed by atoms with Crippen LogP contribution < -0.4 is 5.32 Å². The van der Waals surface area contributed by atoms with Gasteiger partial charge in [0, 0.05) is 32.2 Å². The van der Waals surface area contributed by atoms with E-state index in [9.17, 15) is 0 Å². The maximum Gasteiger partial charge on any atom is 0.0110 e. The Balaban J connectivity index is 0. The van der Waals surface area contributed by atoms with Crippen molar-refractivity contribution in [1.29, 1.82) is 0 Å². The van der Waals surface area contributed by atoms with Gasteiger partial charge in [-0.05, 0) is 46.8 Å². The van der Waals surface area contributed by atoms with Crippen molar-refractivity contribution in [1.82, 2.24) is 15.1 Å². The van der Waals surface area contributed by atoms with E-state index in [4.69, 9.17) is 0 Å². The molecule has 0 spiro atoms. The SMILES string of the molecule is CC.CC.CC(C)N1CCNCC1.CN1CCCCC1. The summed E-state index contributed by atoms with van der Waals surface area (Å²) < 4.78 is 0. The predicted molar refractivity (Wildman–Crippen MR) is 93.6 cm³/mol. The highest BCUT2D eigenvalue weighted by Gasteiger charge is 2.11. The van der Waals surface area contributed by atoms with Crippen LogP contribution in [0.25, 0.3) is 0 Å². The molecule has 3 heteroatoms. The minimum atomic E-state index is 0.729. The van der Waals surface area contributed by atoms with E-state index in [-0.39, 0.29) is 0 Å². The van der Waals surface area contributed by atoms with E-state index in [1.54, 1.807) is 0 Å². The van der Waals surface area contributed by atoms with Crippen molar-refractivity contribution in [2.24, 2.45) is 0 Å². The molecular weight excluding hydrogens is 246 g/mol. The number of hydrogen-bond donors (Lipinski definition) is 1. The van der Waals surface area contributed by atoms with Gasteiger partial charge in [0.1, 0.15) is 0 Å². The van der Waals surface area contributed by atoms with Crippen molar-refractivity contribution >= 4 is 0 Å². The molecular formula is C17H41N3. The van der Waals surface area contributed by atoms with Crippen LogP contribution in [-0.2, 0) is 0 Å². The van der Waals surface area contributed by atoms with Crippen LogP contribution in [0.15, 0.2) is 0 Å². The van der Waals surface area contributed by atoms with Gasteiger partial charge in [0.15, 0.2) is 0 Å². The van der Waals surface area contributed by atoms with Crippen LogP contribution in [0, 0.1) is 0 Å². The largest absolute Gasteiger partial charge is 0.314 e. The molecule has 1 N–H and O–H groups in total. The molecule has 2 aliphatic rings. The number of piperidine rings is 1. The van der Waals surface area contributed by atoms with Crippen molar-refractivity contribution in [3.63, 3.8) is 0 Å². The smallest absolute Gasteiger partial charge is 0.0110 e. The molecule has 0 aliphatic carbocycles. The monoisotopic (exact) mass is 287 g/mol. The summed E-state index contributed by atoms with van der Waals surface area (Å²) in [5.74, 6) is 0. The second-order valence-corrected chi connectivity index (χ2v) is 5.24. The van der Waals surface area contributed by atoms with Crippen molar-refractivity contribution in [2.75, 3.05) is 46.3 Å². The van der Waals surface area contributed by atoms with E-state index in [0.717, 1.165) is 19.1 Å². The number of likely N-dealkylation sites (tertiary alicyclic amines) is 1. The zero-order valence-electron chi connectivity index (χ0n) is 15.3. The fourth-order valence-corrected chi connectivity index (χ4v) is 2.25. The van der Waals surface area contributed by atoms with E-state index in [1.165, 1.54) is 45.4 Å². The molecule has 2 fully saturated rings. The molecule has 0 saturated carbocycles. The fraction of sp³-hybridized carbons (Fsp3) is 1.00. The molecule has 0 aromatic heterocycles. The molecule has 3 nitrogen and oxygen atoms in total. The summed E-state index contributed by atoms with van der Waals surface area (Å²) in [5.41, 5.74) is 0. The Labute approximate surface area is 129 Å². The van der Waals surface area contributed by atoms with Crippen molar-refractivity contribution < 1.29 is 0 Å². The predicted octanol–water partition coefficient (Wildman–Crippen LogP) is 3.45. The Morgan fingerprint density at radius 1 is 0.750 bits per heavy atom. The maximum absolute atomic E-state index is 3.33. The lowest BCUT2D eigenvalue weighted by atomic mass is 10.1. The van der Waals surface area contributed by atoms with Gasteiger partial charge in [0.2, 0.25) is 0 Å². The van der Waals surface area contributed by atoms with Crippen LogP contribution in [0.3, 0.4) is 0 Å². The summed E-state index contributed by atoms with van der Waals surface area (Å²) in [7, 11) is 2.19. The second kappa shape index (κ2) is 16.9. The van der Waals surface area contributed by atoms with Crippen molar-refractivity contribution in [2.45, 2.75) is 66.8 Å². The topological polar surface area (TPSA) is 18.5 Å². The summed E-state index contributed by atoms with van der Waals surface area (Å²) in [4.78, 5) is 4.89. The van der Waals surface area contributed by atoms with E-state index in [2.05, 4.69) is 36.0 Å². The van der Waals surface area contributed by atoms with Gasteiger partial charge in [-0.3, -0.25) is 4.90 Å². The first kappa shape index (κ1) is 22.2. The number of nitrogens with zero attached hydrogens (tertiary/aromatic N) is 2. The Morgan fingerprint density at radius 3 is 1.45 bits per heavy atom. The number of piperazine rings is 1. The van der Waals surface area contributed by atoms with Gasteiger partial charge in [0.05, 0.1) is 0 Å². The van der Waals surface area contributed by atoms with Gasteiger partial charge in [-0.15, -0.1) is 0 Å². The highest BCUT2D eigenvalue weighted by atomic mass is 15.2. The molecule has 2 heterocycles. The molecule has 0 atom stereocenters. The number of hydrogen-bond acceptors (Lipinski definition) is 3. The van der Waals surface area contributed by atoms with Crippen LogP contribution in [0.5, 0.6) is 0 Å². The third kappa shape index (κ3) is 12.9. The molecule has 2 aliphatic heterocycles. The zero-order valence-corrected chi connectivity index (χ0v) is 15.3. The molecule has 20 heavy (non-hydrogen) atoms. The van der Waals surface area contributed by atoms with Gasteiger partial charge < -0.3 is 10.2 Å². The molecule has 2 rings (SSSR count). The van der Waals surface area contributed by atoms with E-state index < -0.39 is 0 Å². The first-order chi connectivity index (χ1) is 9.70. The first-order valence-electron chi connectivity index (χ1n) is 8.83. The molecule has 0 unspecified atom stereocenters. The van der Waals surface area contributed by atoms with Gasteiger partial charge in [-0.1, -0.05) is 34.1 Å². The summed E-state index contributed by atoms with van der Waals surface area (Å²) in [6.07, 6.45) is 4.28. The van der Waals surface area contributed by atoms with Crippen LogP contribution in [0.4, 0.5) is 0 Å². The number of nitrogens with one attached hydrogen (secondary N) is 1. The van der Waals surface area contributed by atoms with Crippen molar-refractivity contribution in [3.8, 4) is 0 Å². The number of rotatable bonds is 1. The third-order valence-corrected chi connectivity index (χ3v) is 3.46. The Bertz CT molecular complexity index is 160. The Kier molecular flexibility index (Phi) is 18.8. The third-order valence-electron chi connectivity index (χ3n) is 3.46. The van der Waals surface area contributed by atoms with Crippen LogP contribution >= 0.6 is 0 Å². The maximum atomic E-state index is 3.33. The summed E-state index contributed by atoms with van der Waals surface area (Å²) in [6, 6.07) is 0.729. The molecule has 0 radical (unpaired) electrons. The highest BCUT2D eigenvalue weighted by molar-refractivity contribution is 4.69. The van der Waals surface area contributed by atoms with E-state index >= 15 is 0 Å². The van der Waals surface area contributed by atoms with Gasteiger partial charge >= 0.3 is 0 Å². The van der Waals surface area contributed by atoms with Crippen LogP contribution in [0.2, 0.25) is 0 Å². The van der Waals surface area contributed by atoms with Crippen molar-refractivity contribution in [3.05, 3.63) is 0 Å². The fourth-order valence-electron chi connectivity index (χ4n) is 2.25. The minimum absolute atomic E-state index is 0.729. The lowest BCUT2D eigenvalue weighted by Gasteiger charge is -2.30. The average Bonchev–Trinajstić information content (AvgIpc) is 2.53. The normalized spacial score (nSPS) is 19.8. The lowest BCUT2D eigenvalue weighted by Crippen LogP contribution is -2.46. The standard InChI is InChI=1S/C7H16N2.C6H13N.2C2H6/c1-7(2)9-5-3-8-4-6-9;1-7-5-3-2-4-6-7;2*1-2/h7-8H,3-6H2,1-2H3;2-6H2,1H3;2*1-2H3. The van der Waals surface area contributed by atoms with Crippen LogP contribution in [0.1, 0.15) is 60.8 Å². The summed E-state index contributed by atoms with van der Waals surface area (Å²) in [5, 5.41) is 3.33. The van der Waals surface area contributed by atoms with Crippen LogP contribution in [-0.4, -0.2) is 62.2 Å². The first-order valence-corrected chi connectivity index (χ1v) is 8.83. The lowest BCUT2D eigenvalue weighted by molar-refractivity contribution is 0.196. The quantitative estimate of drug-likeness (QED) is 0.797. The van der Waals surface area contributed by atoms with E-state index in [0.29, 0.717) is 0 Å². The Morgan fingerprint density at radius 2 is 1.20 bits per heavy atom. The zero-order chi connectivity index (χ0) is 15.8. The summed E-state index contributed by atoms with van der Waals surface area (Å²) in [6.45, 7) is 19.9. The average molecular weight is 288 g/mol. The molecule has 0 aromatic carbocycles.